The summed E-state index contributed by atoms with van der Waals surface area (Å²) in [6, 6.07) is 4.87. The van der Waals surface area contributed by atoms with Crippen LogP contribution in [0.4, 0.5) is 14.5 Å². The van der Waals surface area contributed by atoms with Crippen LogP contribution in [0.15, 0.2) is 29.3 Å². The van der Waals surface area contributed by atoms with Crippen molar-refractivity contribution in [1.29, 1.82) is 0 Å². The van der Waals surface area contributed by atoms with Crippen LogP contribution in [0.5, 0.6) is 0 Å². The number of nitro benzene ring substituents is 1. The second-order valence-electron chi connectivity index (χ2n) is 4.88. The Bertz CT molecular complexity index is 607. The van der Waals surface area contributed by atoms with Crippen LogP contribution in [0.1, 0.15) is 12.0 Å². The van der Waals surface area contributed by atoms with Gasteiger partial charge in [0.15, 0.2) is 5.54 Å². The van der Waals surface area contributed by atoms with E-state index in [1.807, 2.05) is 0 Å². The number of halogens is 2. The maximum atomic E-state index is 13.7. The van der Waals surface area contributed by atoms with Gasteiger partial charge in [-0.3, -0.25) is 10.1 Å². The number of rotatable bonds is 3. The molecule has 1 fully saturated rings. The Morgan fingerprint density at radius 2 is 2.30 bits per heavy atom. The standard InChI is InChI=1S/C12H11F2N3O3/c13-10(14)12(8-5-9(8)20-11(15)16-12)6-2-1-3-7(4-6)17(18)19/h1-4,8-10H,5H2,(H2,15,16). The summed E-state index contributed by atoms with van der Waals surface area (Å²) in [6.45, 7) is 0. The molecule has 3 rings (SSSR count). The first-order valence-corrected chi connectivity index (χ1v) is 6.00. The van der Waals surface area contributed by atoms with Crippen molar-refractivity contribution in [2.24, 2.45) is 16.6 Å². The molecular weight excluding hydrogens is 272 g/mol. The highest BCUT2D eigenvalue weighted by Crippen LogP contribution is 2.55. The quantitative estimate of drug-likeness (QED) is 0.676. The van der Waals surface area contributed by atoms with Crippen molar-refractivity contribution >= 4 is 11.7 Å². The number of nitrogens with two attached hydrogens (primary N) is 1. The van der Waals surface area contributed by atoms with Crippen LogP contribution in [0.25, 0.3) is 0 Å². The minimum absolute atomic E-state index is 0.0976. The van der Waals surface area contributed by atoms with E-state index in [-0.39, 0.29) is 23.4 Å². The Labute approximate surface area is 112 Å². The third-order valence-corrected chi connectivity index (χ3v) is 3.72. The maximum Gasteiger partial charge on any atom is 0.283 e. The zero-order valence-electron chi connectivity index (χ0n) is 10.2. The smallest absolute Gasteiger partial charge is 0.283 e. The Hall–Kier alpha value is -2.25. The molecule has 20 heavy (non-hydrogen) atoms. The molecule has 2 aliphatic rings. The highest BCUT2D eigenvalue weighted by Gasteiger charge is 2.63. The summed E-state index contributed by atoms with van der Waals surface area (Å²) < 4.78 is 32.4. The average molecular weight is 283 g/mol. The monoisotopic (exact) mass is 283 g/mol. The Morgan fingerprint density at radius 1 is 1.55 bits per heavy atom. The van der Waals surface area contributed by atoms with E-state index in [1.54, 1.807) is 0 Å². The fourth-order valence-corrected chi connectivity index (χ4v) is 2.70. The van der Waals surface area contributed by atoms with Gasteiger partial charge >= 0.3 is 0 Å². The van der Waals surface area contributed by atoms with Crippen LogP contribution in [-0.4, -0.2) is 23.5 Å². The molecule has 1 aliphatic carbocycles. The number of hydrogen-bond acceptors (Lipinski definition) is 5. The third-order valence-electron chi connectivity index (χ3n) is 3.72. The lowest BCUT2D eigenvalue weighted by atomic mass is 9.85. The van der Waals surface area contributed by atoms with Crippen LogP contribution in [0.3, 0.4) is 0 Å². The van der Waals surface area contributed by atoms with Gasteiger partial charge in [-0.2, -0.15) is 0 Å². The minimum Gasteiger partial charge on any atom is -0.462 e. The number of nitrogens with zero attached hydrogens (tertiary/aromatic N) is 2. The number of hydrogen-bond donors (Lipinski definition) is 1. The average Bonchev–Trinajstić information content (AvgIpc) is 3.16. The highest BCUT2D eigenvalue weighted by atomic mass is 19.3. The normalized spacial score (nSPS) is 31.2. The number of aliphatic imine (C=N–C) groups is 1. The molecule has 1 aromatic carbocycles. The van der Waals surface area contributed by atoms with E-state index in [2.05, 4.69) is 4.99 Å². The molecule has 1 aliphatic heterocycles. The summed E-state index contributed by atoms with van der Waals surface area (Å²) in [5.74, 6) is -0.503. The molecule has 0 spiro atoms. The zero-order valence-corrected chi connectivity index (χ0v) is 10.2. The van der Waals surface area contributed by atoms with Gasteiger partial charge in [-0.15, -0.1) is 0 Å². The second-order valence-corrected chi connectivity index (χ2v) is 4.88. The molecule has 0 bridgehead atoms. The molecule has 0 radical (unpaired) electrons. The van der Waals surface area contributed by atoms with Crippen LogP contribution >= 0.6 is 0 Å². The van der Waals surface area contributed by atoms with Crippen LogP contribution in [-0.2, 0) is 10.3 Å². The van der Waals surface area contributed by atoms with Gasteiger partial charge in [0.2, 0.25) is 0 Å². The summed E-state index contributed by atoms with van der Waals surface area (Å²) in [4.78, 5) is 14.0. The Morgan fingerprint density at radius 3 is 2.95 bits per heavy atom. The summed E-state index contributed by atoms with van der Waals surface area (Å²) in [6.07, 6.45) is -2.79. The van der Waals surface area contributed by atoms with E-state index < -0.39 is 22.8 Å². The third kappa shape index (κ3) is 1.71. The number of fused-ring (bicyclic) bond motifs is 1. The summed E-state index contributed by atoms with van der Waals surface area (Å²) >= 11 is 0. The predicted octanol–water partition coefficient (Wildman–Crippen LogP) is 1.79. The van der Waals surface area contributed by atoms with Gasteiger partial charge in [0.05, 0.1) is 4.92 Å². The van der Waals surface area contributed by atoms with Gasteiger partial charge in [0, 0.05) is 18.1 Å². The molecule has 3 unspecified atom stereocenters. The predicted molar refractivity (Wildman–Crippen MR) is 65.4 cm³/mol. The first-order valence-electron chi connectivity index (χ1n) is 6.00. The van der Waals surface area contributed by atoms with Crippen molar-refractivity contribution < 1.29 is 18.4 Å². The van der Waals surface area contributed by atoms with Gasteiger partial charge in [-0.05, 0) is 12.0 Å². The first-order chi connectivity index (χ1) is 9.45. The van der Waals surface area contributed by atoms with Crippen molar-refractivity contribution in [3.05, 3.63) is 39.9 Å². The number of alkyl halides is 2. The van der Waals surface area contributed by atoms with E-state index in [4.69, 9.17) is 10.5 Å². The number of amidine groups is 1. The van der Waals surface area contributed by atoms with Crippen molar-refractivity contribution in [3.8, 4) is 0 Å². The van der Waals surface area contributed by atoms with Gasteiger partial charge in [0.25, 0.3) is 18.1 Å². The molecule has 0 amide bonds. The topological polar surface area (TPSA) is 90.8 Å². The van der Waals surface area contributed by atoms with E-state index >= 15 is 0 Å². The van der Waals surface area contributed by atoms with Crippen molar-refractivity contribution in [3.63, 3.8) is 0 Å². The van der Waals surface area contributed by atoms with Crippen molar-refractivity contribution in [1.82, 2.24) is 0 Å². The summed E-state index contributed by atoms with van der Waals surface area (Å²) in [5.41, 5.74) is 3.46. The molecule has 1 aromatic rings. The fourth-order valence-electron chi connectivity index (χ4n) is 2.70. The molecule has 1 saturated carbocycles. The lowest BCUT2D eigenvalue weighted by Gasteiger charge is -2.32. The van der Waals surface area contributed by atoms with Crippen LogP contribution < -0.4 is 5.73 Å². The fraction of sp³-hybridized carbons (Fsp3) is 0.417. The number of benzene rings is 1. The molecule has 1 heterocycles. The van der Waals surface area contributed by atoms with Gasteiger partial charge in [-0.1, -0.05) is 12.1 Å². The van der Waals surface area contributed by atoms with Gasteiger partial charge in [0.1, 0.15) is 6.10 Å². The molecular formula is C12H11F2N3O3. The van der Waals surface area contributed by atoms with Crippen LogP contribution in [0.2, 0.25) is 0 Å². The zero-order chi connectivity index (χ0) is 14.5. The summed E-state index contributed by atoms with van der Waals surface area (Å²) in [7, 11) is 0. The molecule has 106 valence electrons. The lowest BCUT2D eigenvalue weighted by molar-refractivity contribution is -0.385. The molecule has 3 atom stereocenters. The highest BCUT2D eigenvalue weighted by molar-refractivity contribution is 5.74. The van der Waals surface area contributed by atoms with Crippen molar-refractivity contribution in [2.45, 2.75) is 24.5 Å². The maximum absolute atomic E-state index is 13.7. The molecule has 8 heteroatoms. The molecule has 0 aromatic heterocycles. The Kier molecular flexibility index (Phi) is 2.63. The van der Waals surface area contributed by atoms with E-state index in [9.17, 15) is 18.9 Å². The molecule has 2 N–H and O–H groups in total. The molecule has 6 nitrogen and oxygen atoms in total. The Balaban J connectivity index is 2.14. The van der Waals surface area contributed by atoms with Crippen LogP contribution in [0, 0.1) is 16.0 Å². The number of ether oxygens (including phenoxy) is 1. The molecule has 0 saturated heterocycles. The van der Waals surface area contributed by atoms with E-state index in [1.165, 1.54) is 18.2 Å². The first kappa shape index (κ1) is 12.8. The van der Waals surface area contributed by atoms with E-state index in [0.29, 0.717) is 6.42 Å². The van der Waals surface area contributed by atoms with E-state index in [0.717, 1.165) is 6.07 Å². The number of non-ortho nitro benzene ring substituents is 1. The van der Waals surface area contributed by atoms with Gasteiger partial charge in [-0.25, -0.2) is 13.8 Å². The van der Waals surface area contributed by atoms with Gasteiger partial charge < -0.3 is 10.5 Å². The second kappa shape index (κ2) is 4.12. The SMILES string of the molecule is NC1=NC(c2cccc([N+](=O)[O-])c2)(C(F)F)C2CC2O1. The summed E-state index contributed by atoms with van der Waals surface area (Å²) in [5, 5.41) is 10.8. The minimum atomic E-state index is -2.82. The van der Waals surface area contributed by atoms with Crippen molar-refractivity contribution in [2.75, 3.05) is 0 Å². The largest absolute Gasteiger partial charge is 0.462 e. The lowest BCUT2D eigenvalue weighted by Crippen LogP contribution is -2.42. The number of nitro groups is 1.